The van der Waals surface area contributed by atoms with E-state index < -0.39 is 18.0 Å². The van der Waals surface area contributed by atoms with Gasteiger partial charge in [0.15, 0.2) is 34.4 Å². The number of carbonyl (C=O) groups excluding carboxylic acids is 2. The van der Waals surface area contributed by atoms with Crippen molar-refractivity contribution in [1.82, 2.24) is 4.57 Å². The van der Waals surface area contributed by atoms with Crippen molar-refractivity contribution >= 4 is 57.6 Å². The summed E-state index contributed by atoms with van der Waals surface area (Å²) in [5.74, 6) is 0.602. The molecule has 0 aliphatic carbocycles. The molecule has 0 saturated heterocycles. The molecular formula is C35H33IN2O9S. The van der Waals surface area contributed by atoms with Gasteiger partial charge in [0.25, 0.3) is 5.56 Å². The first kappa shape index (κ1) is 34.7. The molecule has 0 unspecified atom stereocenters. The number of rotatable bonds is 12. The van der Waals surface area contributed by atoms with Crippen molar-refractivity contribution in [3.8, 4) is 23.0 Å². The number of hydrogen-bond donors (Lipinski definition) is 0. The number of thiazole rings is 1. The van der Waals surface area contributed by atoms with Gasteiger partial charge in [0.2, 0.25) is 0 Å². The third-order valence-corrected chi connectivity index (χ3v) is 9.07. The minimum Gasteiger partial charge on any atom is -0.493 e. The SMILES string of the molecule is CCOC(=O)COc1c(I)cc(/C=c2\sc3n(c2=O)[C@H](c2ccc(OC)c(OC)c2)C(C(=O)OCC)=C(c2ccccc2)N=3)cc1OC. The number of aromatic nitrogens is 1. The zero-order chi connectivity index (χ0) is 34.4. The Balaban J connectivity index is 1.73. The summed E-state index contributed by atoms with van der Waals surface area (Å²) in [5, 5.41) is 0. The lowest BCUT2D eigenvalue weighted by molar-refractivity contribution is -0.145. The van der Waals surface area contributed by atoms with E-state index in [1.807, 2.05) is 36.4 Å². The third-order valence-electron chi connectivity index (χ3n) is 7.29. The minimum atomic E-state index is -0.897. The van der Waals surface area contributed by atoms with Crippen LogP contribution in [-0.4, -0.2) is 57.7 Å². The molecule has 0 saturated carbocycles. The maximum absolute atomic E-state index is 14.3. The van der Waals surface area contributed by atoms with E-state index in [0.29, 0.717) is 58.3 Å². The average molecular weight is 785 g/mol. The van der Waals surface area contributed by atoms with Crippen LogP contribution in [0.25, 0.3) is 11.8 Å². The van der Waals surface area contributed by atoms with Gasteiger partial charge in [-0.1, -0.05) is 47.7 Å². The summed E-state index contributed by atoms with van der Waals surface area (Å²) >= 11 is 3.28. The van der Waals surface area contributed by atoms with Crippen LogP contribution in [0.5, 0.6) is 23.0 Å². The number of methoxy groups -OCH3 is 3. The number of benzene rings is 3. The molecule has 13 heteroatoms. The van der Waals surface area contributed by atoms with E-state index in [1.54, 1.807) is 44.2 Å². The van der Waals surface area contributed by atoms with Crippen LogP contribution in [0.4, 0.5) is 0 Å². The fourth-order valence-corrected chi connectivity index (χ4v) is 7.01. The first-order chi connectivity index (χ1) is 23.2. The maximum Gasteiger partial charge on any atom is 0.344 e. The number of ether oxygens (including phenoxy) is 6. The van der Waals surface area contributed by atoms with E-state index in [-0.39, 0.29) is 31.0 Å². The molecule has 1 aliphatic heterocycles. The molecule has 0 radical (unpaired) electrons. The Labute approximate surface area is 294 Å². The zero-order valence-corrected chi connectivity index (χ0v) is 29.9. The fraction of sp³-hybridized carbons (Fsp3) is 0.257. The Morgan fingerprint density at radius 1 is 0.917 bits per heavy atom. The summed E-state index contributed by atoms with van der Waals surface area (Å²) < 4.78 is 35.4. The molecule has 5 rings (SSSR count). The standard InChI is InChI=1S/C35H33IN2O9S/c1-6-45-28(39)19-47-32-23(36)15-20(16-26(32)44-5)17-27-33(40)38-31(22-13-14-24(42-3)25(18-22)43-4)29(34(41)46-7-2)30(37-35(38)48-27)21-11-9-8-10-12-21/h8-18,31H,6-7,19H2,1-5H3/b27-17-/t31-/m1/s1. The molecule has 1 atom stereocenters. The van der Waals surface area contributed by atoms with Crippen LogP contribution >= 0.6 is 33.9 Å². The van der Waals surface area contributed by atoms with Crippen LogP contribution in [0.2, 0.25) is 0 Å². The van der Waals surface area contributed by atoms with Gasteiger partial charge in [-0.05, 0) is 77.9 Å². The average Bonchev–Trinajstić information content (AvgIpc) is 3.40. The van der Waals surface area contributed by atoms with Gasteiger partial charge >= 0.3 is 11.9 Å². The predicted octanol–water partition coefficient (Wildman–Crippen LogP) is 4.51. The van der Waals surface area contributed by atoms with Crippen molar-refractivity contribution in [2.75, 3.05) is 41.2 Å². The van der Waals surface area contributed by atoms with Crippen molar-refractivity contribution in [2.24, 2.45) is 4.99 Å². The van der Waals surface area contributed by atoms with E-state index in [9.17, 15) is 14.4 Å². The highest BCUT2D eigenvalue weighted by atomic mass is 127. The topological polar surface area (TPSA) is 124 Å². The summed E-state index contributed by atoms with van der Waals surface area (Å²) in [5.41, 5.74) is 2.21. The van der Waals surface area contributed by atoms with Crippen molar-refractivity contribution in [3.05, 3.63) is 106 Å². The van der Waals surface area contributed by atoms with E-state index in [2.05, 4.69) is 22.6 Å². The zero-order valence-electron chi connectivity index (χ0n) is 26.9. The molecule has 1 aliphatic rings. The number of nitrogens with zero attached hydrogens (tertiary/aromatic N) is 2. The van der Waals surface area contributed by atoms with Crippen LogP contribution in [0, 0.1) is 3.57 Å². The van der Waals surface area contributed by atoms with E-state index in [4.69, 9.17) is 33.4 Å². The lowest BCUT2D eigenvalue weighted by Gasteiger charge is -2.26. The molecular weight excluding hydrogens is 751 g/mol. The first-order valence-electron chi connectivity index (χ1n) is 14.9. The van der Waals surface area contributed by atoms with Crippen LogP contribution < -0.4 is 33.8 Å². The van der Waals surface area contributed by atoms with E-state index >= 15 is 0 Å². The second-order valence-electron chi connectivity index (χ2n) is 10.2. The number of halogens is 1. The predicted molar refractivity (Wildman–Crippen MR) is 188 cm³/mol. The highest BCUT2D eigenvalue weighted by molar-refractivity contribution is 14.1. The quantitative estimate of drug-likeness (QED) is 0.151. The van der Waals surface area contributed by atoms with Gasteiger partial charge in [-0.2, -0.15) is 0 Å². The molecule has 3 aromatic carbocycles. The van der Waals surface area contributed by atoms with Crippen molar-refractivity contribution in [1.29, 1.82) is 0 Å². The molecule has 1 aromatic heterocycles. The Morgan fingerprint density at radius 3 is 2.29 bits per heavy atom. The Bertz CT molecular complexity index is 2050. The van der Waals surface area contributed by atoms with Gasteiger partial charge in [-0.25, -0.2) is 14.6 Å². The molecule has 0 spiro atoms. The molecule has 11 nitrogen and oxygen atoms in total. The molecule has 250 valence electrons. The van der Waals surface area contributed by atoms with Gasteiger partial charge in [-0.3, -0.25) is 9.36 Å². The second kappa shape index (κ2) is 15.5. The lowest BCUT2D eigenvalue weighted by Crippen LogP contribution is -2.40. The number of fused-ring (bicyclic) bond motifs is 1. The second-order valence-corrected chi connectivity index (χ2v) is 12.3. The third kappa shape index (κ3) is 7.11. The van der Waals surface area contributed by atoms with Crippen LogP contribution in [0.3, 0.4) is 0 Å². The van der Waals surface area contributed by atoms with Gasteiger partial charge < -0.3 is 28.4 Å². The van der Waals surface area contributed by atoms with Crippen LogP contribution in [0.15, 0.2) is 76.0 Å². The molecule has 48 heavy (non-hydrogen) atoms. The van der Waals surface area contributed by atoms with Crippen molar-refractivity contribution in [2.45, 2.75) is 19.9 Å². The Morgan fingerprint density at radius 2 is 1.62 bits per heavy atom. The number of carbonyl (C=O) groups is 2. The summed E-state index contributed by atoms with van der Waals surface area (Å²) in [7, 11) is 4.55. The monoisotopic (exact) mass is 784 g/mol. The summed E-state index contributed by atoms with van der Waals surface area (Å²) in [6, 6.07) is 17.2. The molecule has 0 amide bonds. The van der Waals surface area contributed by atoms with Crippen LogP contribution in [0.1, 0.15) is 36.6 Å². The molecule has 0 N–H and O–H groups in total. The Hall–Kier alpha value is -4.63. The largest absolute Gasteiger partial charge is 0.493 e. The molecule has 0 bridgehead atoms. The normalized spacial score (nSPS) is 14.1. The summed E-state index contributed by atoms with van der Waals surface area (Å²) in [4.78, 5) is 45.3. The molecule has 2 heterocycles. The first-order valence-corrected chi connectivity index (χ1v) is 16.8. The highest BCUT2D eigenvalue weighted by Crippen LogP contribution is 2.39. The van der Waals surface area contributed by atoms with E-state index in [1.165, 1.54) is 37.2 Å². The number of esters is 2. The van der Waals surface area contributed by atoms with Gasteiger partial charge in [0.1, 0.15) is 0 Å². The molecule has 0 fully saturated rings. The lowest BCUT2D eigenvalue weighted by atomic mass is 9.93. The Kier molecular flexibility index (Phi) is 11.2. The highest BCUT2D eigenvalue weighted by Gasteiger charge is 2.35. The van der Waals surface area contributed by atoms with Gasteiger partial charge in [0.05, 0.1) is 60.0 Å². The van der Waals surface area contributed by atoms with Crippen molar-refractivity contribution < 1.29 is 38.0 Å². The van der Waals surface area contributed by atoms with Crippen LogP contribution in [-0.2, 0) is 19.1 Å². The molecule has 4 aromatic rings. The van der Waals surface area contributed by atoms with Gasteiger partial charge in [-0.15, -0.1) is 0 Å². The maximum atomic E-state index is 14.3. The smallest absolute Gasteiger partial charge is 0.344 e. The summed E-state index contributed by atoms with van der Waals surface area (Å²) in [6.07, 6.45) is 1.73. The summed E-state index contributed by atoms with van der Waals surface area (Å²) in [6.45, 7) is 3.54. The minimum absolute atomic E-state index is 0.132. The van der Waals surface area contributed by atoms with E-state index in [0.717, 1.165) is 0 Å². The van der Waals surface area contributed by atoms with Gasteiger partial charge in [0, 0.05) is 5.56 Å². The fourth-order valence-electron chi connectivity index (χ4n) is 5.23. The van der Waals surface area contributed by atoms with Crippen molar-refractivity contribution in [3.63, 3.8) is 0 Å². The number of hydrogen-bond acceptors (Lipinski definition) is 11.